The third-order valence-electron chi connectivity index (χ3n) is 6.70. The summed E-state index contributed by atoms with van der Waals surface area (Å²) < 4.78 is 50.1. The second kappa shape index (κ2) is 10.7. The summed E-state index contributed by atoms with van der Waals surface area (Å²) >= 11 is 7.83. The molecular weight excluding hydrogens is 543 g/mol. The van der Waals surface area contributed by atoms with Crippen LogP contribution in [0.5, 0.6) is 5.75 Å². The topological polar surface area (TPSA) is 89.5 Å². The molecule has 4 heterocycles. The van der Waals surface area contributed by atoms with E-state index in [1.807, 2.05) is 25.1 Å². The number of rotatable bonds is 6. The summed E-state index contributed by atoms with van der Waals surface area (Å²) in [6, 6.07) is 7.39. The number of piperidine rings is 1. The fourth-order valence-electron chi connectivity index (χ4n) is 4.89. The SMILES string of the molecule is Cc1cc(Cl)cc(-c2ccnc3cc(CC4C(=O)NCC4OC(=O)C(F)(F)F)sc23)c1O[C@H]1CCCNC1. The molecule has 0 bridgehead atoms. The van der Waals surface area contributed by atoms with Crippen molar-refractivity contribution in [2.45, 2.75) is 44.6 Å². The molecule has 5 rings (SSSR count). The normalized spacial score (nSPS) is 21.9. The van der Waals surface area contributed by atoms with Crippen LogP contribution < -0.4 is 15.4 Å². The number of benzene rings is 1. The maximum atomic E-state index is 12.7. The molecule has 3 atom stereocenters. The van der Waals surface area contributed by atoms with Crippen molar-refractivity contribution in [1.82, 2.24) is 15.6 Å². The maximum absolute atomic E-state index is 12.7. The van der Waals surface area contributed by atoms with Gasteiger partial charge < -0.3 is 20.1 Å². The van der Waals surface area contributed by atoms with E-state index in [0.29, 0.717) is 10.5 Å². The first-order chi connectivity index (χ1) is 18.1. The highest BCUT2D eigenvalue weighted by molar-refractivity contribution is 7.19. The van der Waals surface area contributed by atoms with Crippen molar-refractivity contribution >= 4 is 45.0 Å². The standard InChI is InChI=1S/C26H25ClF3N3O4S/c1-13-7-14(27)8-18(22(13)36-15-3-2-5-31-11-15)17-4-6-32-20-10-16(38-23(17)20)9-19-21(12-33-24(19)34)37-25(35)26(28,29)30/h4,6-8,10,15,19,21,31H,2-3,5,9,11-12H2,1H3,(H,33,34)/t15-,19?,21?/m0/s1. The van der Waals surface area contributed by atoms with Gasteiger partial charge in [-0.25, -0.2) is 4.79 Å². The van der Waals surface area contributed by atoms with Crippen molar-refractivity contribution in [3.63, 3.8) is 0 Å². The summed E-state index contributed by atoms with van der Waals surface area (Å²) in [5.74, 6) is -2.97. The van der Waals surface area contributed by atoms with Gasteiger partial charge in [0.25, 0.3) is 0 Å². The van der Waals surface area contributed by atoms with Crippen molar-refractivity contribution in [3.8, 4) is 16.9 Å². The largest absolute Gasteiger partial charge is 0.490 e. The molecule has 2 aliphatic rings. The van der Waals surface area contributed by atoms with E-state index < -0.39 is 30.1 Å². The van der Waals surface area contributed by atoms with Crippen molar-refractivity contribution in [3.05, 3.63) is 45.9 Å². The van der Waals surface area contributed by atoms with Gasteiger partial charge in [-0.15, -0.1) is 11.3 Å². The number of hydrogen-bond acceptors (Lipinski definition) is 7. The van der Waals surface area contributed by atoms with Gasteiger partial charge in [0.2, 0.25) is 5.91 Å². The van der Waals surface area contributed by atoms with Crippen LogP contribution in [0.25, 0.3) is 21.3 Å². The second-order valence-electron chi connectivity index (χ2n) is 9.47. The number of esters is 1. The lowest BCUT2D eigenvalue weighted by molar-refractivity contribution is -0.205. The Hall–Kier alpha value is -2.89. The van der Waals surface area contributed by atoms with Crippen LogP contribution in [0.1, 0.15) is 23.3 Å². The number of pyridine rings is 1. The van der Waals surface area contributed by atoms with Crippen molar-refractivity contribution in [1.29, 1.82) is 0 Å². The van der Waals surface area contributed by atoms with Gasteiger partial charge in [0.05, 0.1) is 22.7 Å². The minimum Gasteiger partial charge on any atom is -0.488 e. The first-order valence-electron chi connectivity index (χ1n) is 12.2. The molecule has 202 valence electrons. The predicted octanol–water partition coefficient (Wildman–Crippen LogP) is 4.82. The van der Waals surface area contributed by atoms with Gasteiger partial charge in [0.1, 0.15) is 18.0 Å². The number of carbonyl (C=O) groups is 2. The molecule has 3 aromatic rings. The minimum atomic E-state index is -5.13. The molecule has 2 unspecified atom stereocenters. The highest BCUT2D eigenvalue weighted by atomic mass is 35.5. The van der Waals surface area contributed by atoms with E-state index in [-0.39, 0.29) is 19.1 Å². The number of ether oxygens (including phenoxy) is 2. The molecule has 0 radical (unpaired) electrons. The van der Waals surface area contributed by atoms with Gasteiger partial charge >= 0.3 is 12.1 Å². The van der Waals surface area contributed by atoms with E-state index in [0.717, 1.165) is 57.9 Å². The number of hydrogen-bond donors (Lipinski definition) is 2. The Bertz CT molecular complexity index is 1370. The smallest absolute Gasteiger partial charge is 0.488 e. The van der Waals surface area contributed by atoms with E-state index in [1.165, 1.54) is 11.3 Å². The van der Waals surface area contributed by atoms with Gasteiger partial charge in [0.15, 0.2) is 0 Å². The minimum absolute atomic E-state index is 0.0239. The van der Waals surface area contributed by atoms with Gasteiger partial charge in [-0.1, -0.05) is 11.6 Å². The molecule has 38 heavy (non-hydrogen) atoms. The van der Waals surface area contributed by atoms with Crippen LogP contribution in [0, 0.1) is 12.8 Å². The van der Waals surface area contributed by atoms with Crippen LogP contribution >= 0.6 is 22.9 Å². The molecule has 1 amide bonds. The molecule has 2 aromatic heterocycles. The summed E-state index contributed by atoms with van der Waals surface area (Å²) in [6.45, 7) is 3.49. The number of fused-ring (bicyclic) bond motifs is 1. The zero-order chi connectivity index (χ0) is 27.0. The van der Waals surface area contributed by atoms with Crippen LogP contribution in [0.2, 0.25) is 5.02 Å². The average molecular weight is 568 g/mol. The fraction of sp³-hybridized carbons (Fsp3) is 0.423. The Morgan fingerprint density at radius 1 is 1.24 bits per heavy atom. The number of alkyl halides is 3. The highest BCUT2D eigenvalue weighted by Crippen LogP contribution is 2.42. The van der Waals surface area contributed by atoms with E-state index in [2.05, 4.69) is 20.4 Å². The Morgan fingerprint density at radius 2 is 2.05 bits per heavy atom. The third-order valence-corrected chi connectivity index (χ3v) is 8.10. The molecule has 2 N–H and O–H groups in total. The fourth-order valence-corrected chi connectivity index (χ4v) is 6.36. The van der Waals surface area contributed by atoms with Crippen LogP contribution in [0.4, 0.5) is 13.2 Å². The van der Waals surface area contributed by atoms with E-state index >= 15 is 0 Å². The molecule has 7 nitrogen and oxygen atoms in total. The number of nitrogens with one attached hydrogen (secondary N) is 2. The third kappa shape index (κ3) is 5.60. The summed E-state index contributed by atoms with van der Waals surface area (Å²) in [7, 11) is 0. The average Bonchev–Trinajstić information content (AvgIpc) is 3.44. The van der Waals surface area contributed by atoms with E-state index in [9.17, 15) is 22.8 Å². The first-order valence-corrected chi connectivity index (χ1v) is 13.4. The summed E-state index contributed by atoms with van der Waals surface area (Å²) in [4.78, 5) is 29.0. The van der Waals surface area contributed by atoms with Gasteiger partial charge in [-0.2, -0.15) is 13.2 Å². The number of aryl methyl sites for hydroxylation is 1. The number of thiophene rings is 1. The highest BCUT2D eigenvalue weighted by Gasteiger charge is 2.46. The molecule has 1 aromatic carbocycles. The lowest BCUT2D eigenvalue weighted by atomic mass is 9.99. The Morgan fingerprint density at radius 3 is 2.79 bits per heavy atom. The van der Waals surface area contributed by atoms with Gasteiger partial charge in [-0.3, -0.25) is 9.78 Å². The van der Waals surface area contributed by atoms with Crippen LogP contribution in [-0.4, -0.2) is 54.9 Å². The Balaban J connectivity index is 1.46. The van der Waals surface area contributed by atoms with Gasteiger partial charge in [-0.05, 0) is 62.6 Å². The summed E-state index contributed by atoms with van der Waals surface area (Å²) in [5, 5.41) is 6.41. The van der Waals surface area contributed by atoms with E-state index in [4.69, 9.17) is 16.3 Å². The van der Waals surface area contributed by atoms with Crippen molar-refractivity contribution in [2.24, 2.45) is 5.92 Å². The monoisotopic (exact) mass is 567 g/mol. The molecule has 0 aliphatic carbocycles. The van der Waals surface area contributed by atoms with Crippen molar-refractivity contribution in [2.75, 3.05) is 19.6 Å². The Labute approximate surface area is 225 Å². The number of amides is 1. The lowest BCUT2D eigenvalue weighted by Gasteiger charge is -2.26. The van der Waals surface area contributed by atoms with Crippen LogP contribution in [0.15, 0.2) is 30.5 Å². The number of carbonyl (C=O) groups excluding carboxylic acids is 2. The molecule has 12 heteroatoms. The number of halogens is 4. The van der Waals surface area contributed by atoms with Crippen LogP contribution in [0.3, 0.4) is 0 Å². The van der Waals surface area contributed by atoms with Crippen LogP contribution in [-0.2, 0) is 20.7 Å². The molecular formula is C26H25ClF3N3O4S. The lowest BCUT2D eigenvalue weighted by Crippen LogP contribution is -2.37. The quantitative estimate of drug-likeness (QED) is 0.415. The van der Waals surface area contributed by atoms with Gasteiger partial charge in [0, 0.05) is 33.8 Å². The first kappa shape index (κ1) is 26.7. The molecule has 0 saturated carbocycles. The zero-order valence-electron chi connectivity index (χ0n) is 20.4. The molecule has 2 fully saturated rings. The maximum Gasteiger partial charge on any atom is 0.490 e. The molecule has 2 saturated heterocycles. The second-order valence-corrected chi connectivity index (χ2v) is 11.0. The van der Waals surface area contributed by atoms with E-state index in [1.54, 1.807) is 12.3 Å². The summed E-state index contributed by atoms with van der Waals surface area (Å²) in [6.07, 6.45) is -2.58. The number of aromatic nitrogens is 1. The predicted molar refractivity (Wildman–Crippen MR) is 137 cm³/mol. The molecule has 0 spiro atoms. The Kier molecular flexibility index (Phi) is 7.52. The molecule has 2 aliphatic heterocycles. The summed E-state index contributed by atoms with van der Waals surface area (Å²) in [5.41, 5.74) is 3.24. The number of nitrogens with zero attached hydrogens (tertiary/aromatic N) is 1. The zero-order valence-corrected chi connectivity index (χ0v) is 21.9. The van der Waals surface area contributed by atoms with Crippen molar-refractivity contribution < 1.29 is 32.2 Å².